The van der Waals surface area contributed by atoms with Gasteiger partial charge < -0.3 is 10.1 Å². The van der Waals surface area contributed by atoms with Crippen LogP contribution in [0.15, 0.2) is 6.33 Å². The number of rotatable bonds is 10. The van der Waals surface area contributed by atoms with Crippen LogP contribution in [0.3, 0.4) is 0 Å². The minimum atomic E-state index is 0.346. The number of ether oxygens (including phenoxy) is 1. The Balaban J connectivity index is 2.30. The highest BCUT2D eigenvalue weighted by Gasteiger charge is 2.11. The molecule has 1 N–H and O–H groups in total. The van der Waals surface area contributed by atoms with Gasteiger partial charge in [0.05, 0.1) is 7.11 Å². The zero-order valence-electron chi connectivity index (χ0n) is 12.8. The summed E-state index contributed by atoms with van der Waals surface area (Å²) in [5.41, 5.74) is 0. The van der Waals surface area contributed by atoms with E-state index in [-0.39, 0.29) is 0 Å². The zero-order valence-corrected chi connectivity index (χ0v) is 13.5. The smallest absolute Gasteiger partial charge is 0.237 e. The Morgan fingerprint density at radius 1 is 1.20 bits per heavy atom. The fourth-order valence-electron chi connectivity index (χ4n) is 2.13. The summed E-state index contributed by atoms with van der Waals surface area (Å²) in [5.74, 6) is 1.06. The number of halogens is 1. The summed E-state index contributed by atoms with van der Waals surface area (Å²) < 4.78 is 5.08. The Morgan fingerprint density at radius 3 is 2.60 bits per heavy atom. The van der Waals surface area contributed by atoms with Crippen molar-refractivity contribution >= 4 is 17.4 Å². The molecule has 4 nitrogen and oxygen atoms in total. The van der Waals surface area contributed by atoms with Crippen LogP contribution < -0.4 is 10.1 Å². The van der Waals surface area contributed by atoms with Crippen molar-refractivity contribution in [3.8, 4) is 5.88 Å². The van der Waals surface area contributed by atoms with Crippen LogP contribution in [-0.2, 0) is 0 Å². The van der Waals surface area contributed by atoms with Crippen molar-refractivity contribution in [3.05, 3.63) is 11.3 Å². The van der Waals surface area contributed by atoms with Gasteiger partial charge in [0.1, 0.15) is 11.3 Å². The van der Waals surface area contributed by atoms with E-state index in [9.17, 15) is 0 Å². The first kappa shape index (κ1) is 17.0. The van der Waals surface area contributed by atoms with E-state index >= 15 is 0 Å². The van der Waals surface area contributed by atoms with Gasteiger partial charge in [0, 0.05) is 6.04 Å². The second-order valence-corrected chi connectivity index (χ2v) is 5.53. The van der Waals surface area contributed by atoms with Gasteiger partial charge in [-0.25, -0.2) is 9.97 Å². The zero-order chi connectivity index (χ0) is 14.8. The predicted octanol–water partition coefficient (Wildman–Crippen LogP) is 4.69. The third-order valence-corrected chi connectivity index (χ3v) is 3.67. The van der Waals surface area contributed by atoms with Crippen LogP contribution >= 0.6 is 11.6 Å². The van der Waals surface area contributed by atoms with Crippen molar-refractivity contribution in [1.29, 1.82) is 0 Å². The molecule has 0 saturated heterocycles. The van der Waals surface area contributed by atoms with E-state index < -0.39 is 0 Å². The number of unbranched alkanes of at least 4 members (excludes halogenated alkanes) is 5. The Kier molecular flexibility index (Phi) is 8.35. The van der Waals surface area contributed by atoms with Crippen LogP contribution in [-0.4, -0.2) is 23.1 Å². The van der Waals surface area contributed by atoms with Crippen molar-refractivity contribution in [1.82, 2.24) is 9.97 Å². The molecule has 0 aliphatic heterocycles. The molecular formula is C15H26ClN3O. The minimum absolute atomic E-state index is 0.346. The first-order valence-electron chi connectivity index (χ1n) is 7.50. The lowest BCUT2D eigenvalue weighted by atomic mass is 10.1. The van der Waals surface area contributed by atoms with Gasteiger partial charge >= 0.3 is 0 Å². The molecule has 1 unspecified atom stereocenters. The number of methoxy groups -OCH3 is 1. The highest BCUT2D eigenvalue weighted by Crippen LogP contribution is 2.28. The van der Waals surface area contributed by atoms with E-state index in [1.165, 1.54) is 44.9 Å². The molecule has 1 atom stereocenters. The number of nitrogens with one attached hydrogen (secondary N) is 1. The molecule has 1 aromatic heterocycles. The lowest BCUT2D eigenvalue weighted by Crippen LogP contribution is -2.16. The van der Waals surface area contributed by atoms with E-state index in [0.29, 0.717) is 22.8 Å². The average Bonchev–Trinajstić information content (AvgIpc) is 2.45. The molecule has 0 saturated carbocycles. The molecule has 0 bridgehead atoms. The van der Waals surface area contributed by atoms with Crippen LogP contribution in [0, 0.1) is 0 Å². The fourth-order valence-corrected chi connectivity index (χ4v) is 2.36. The molecule has 114 valence electrons. The van der Waals surface area contributed by atoms with Gasteiger partial charge in [0.15, 0.2) is 5.82 Å². The summed E-state index contributed by atoms with van der Waals surface area (Å²) in [6.45, 7) is 4.39. The monoisotopic (exact) mass is 299 g/mol. The second kappa shape index (κ2) is 9.81. The van der Waals surface area contributed by atoms with E-state index in [1.807, 2.05) is 0 Å². The van der Waals surface area contributed by atoms with E-state index in [4.69, 9.17) is 16.3 Å². The van der Waals surface area contributed by atoms with Crippen molar-refractivity contribution in [2.45, 2.75) is 64.8 Å². The van der Waals surface area contributed by atoms with Crippen molar-refractivity contribution in [2.75, 3.05) is 12.4 Å². The summed E-state index contributed by atoms with van der Waals surface area (Å²) in [4.78, 5) is 8.12. The molecule has 0 aliphatic rings. The summed E-state index contributed by atoms with van der Waals surface area (Å²) in [5, 5.41) is 3.77. The number of aromatic nitrogens is 2. The molecule has 20 heavy (non-hydrogen) atoms. The van der Waals surface area contributed by atoms with Gasteiger partial charge in [-0.1, -0.05) is 57.0 Å². The summed E-state index contributed by atoms with van der Waals surface area (Å²) in [6, 6.07) is 0.346. The lowest BCUT2D eigenvalue weighted by molar-refractivity contribution is 0.397. The molecule has 5 heteroatoms. The molecule has 1 heterocycles. The van der Waals surface area contributed by atoms with Gasteiger partial charge in [-0.2, -0.15) is 0 Å². The van der Waals surface area contributed by atoms with Gasteiger partial charge in [0.25, 0.3) is 0 Å². The Labute approximate surface area is 127 Å². The first-order valence-corrected chi connectivity index (χ1v) is 7.87. The molecule has 0 amide bonds. The maximum Gasteiger partial charge on any atom is 0.237 e. The normalized spacial score (nSPS) is 12.2. The quantitative estimate of drug-likeness (QED) is 0.637. The topological polar surface area (TPSA) is 47.0 Å². The maximum absolute atomic E-state index is 6.16. The molecule has 0 fully saturated rings. The lowest BCUT2D eigenvalue weighted by Gasteiger charge is -2.15. The van der Waals surface area contributed by atoms with Crippen LogP contribution in [0.4, 0.5) is 5.82 Å². The molecule has 0 aromatic carbocycles. The van der Waals surface area contributed by atoms with Crippen LogP contribution in [0.1, 0.15) is 58.8 Å². The maximum atomic E-state index is 6.16. The van der Waals surface area contributed by atoms with Crippen molar-refractivity contribution in [2.24, 2.45) is 0 Å². The fraction of sp³-hybridized carbons (Fsp3) is 0.733. The van der Waals surface area contributed by atoms with Crippen LogP contribution in [0.5, 0.6) is 5.88 Å². The summed E-state index contributed by atoms with van der Waals surface area (Å²) in [7, 11) is 1.55. The van der Waals surface area contributed by atoms with E-state index in [0.717, 1.165) is 6.42 Å². The third-order valence-electron chi connectivity index (χ3n) is 3.32. The van der Waals surface area contributed by atoms with Gasteiger partial charge in [-0.15, -0.1) is 0 Å². The molecule has 0 spiro atoms. The largest absolute Gasteiger partial charge is 0.480 e. The molecular weight excluding hydrogens is 274 g/mol. The Bertz CT molecular complexity index is 387. The van der Waals surface area contributed by atoms with Crippen molar-refractivity contribution < 1.29 is 4.74 Å². The Morgan fingerprint density at radius 2 is 1.90 bits per heavy atom. The van der Waals surface area contributed by atoms with Gasteiger partial charge in [-0.3, -0.25) is 0 Å². The summed E-state index contributed by atoms with van der Waals surface area (Å²) >= 11 is 6.16. The van der Waals surface area contributed by atoms with Gasteiger partial charge in [-0.05, 0) is 13.3 Å². The third kappa shape index (κ3) is 5.95. The minimum Gasteiger partial charge on any atom is -0.480 e. The first-order chi connectivity index (χ1) is 9.69. The SMILES string of the molecule is CCCCCCCCC(C)Nc1ncnc(OC)c1Cl. The van der Waals surface area contributed by atoms with Gasteiger partial charge in [0.2, 0.25) is 5.88 Å². The molecule has 0 aliphatic carbocycles. The number of anilines is 1. The highest BCUT2D eigenvalue weighted by atomic mass is 35.5. The molecule has 1 aromatic rings. The standard InChI is InChI=1S/C15H26ClN3O/c1-4-5-6-7-8-9-10-12(2)19-14-13(16)15(20-3)18-11-17-14/h11-12H,4-10H2,1-3H3,(H,17,18,19). The molecule has 1 rings (SSSR count). The number of hydrogen-bond donors (Lipinski definition) is 1. The van der Waals surface area contributed by atoms with Crippen molar-refractivity contribution in [3.63, 3.8) is 0 Å². The number of hydrogen-bond acceptors (Lipinski definition) is 4. The molecule has 0 radical (unpaired) electrons. The Hall–Kier alpha value is -1.03. The van der Waals surface area contributed by atoms with E-state index in [1.54, 1.807) is 7.11 Å². The second-order valence-electron chi connectivity index (χ2n) is 5.15. The van der Waals surface area contributed by atoms with Crippen LogP contribution in [0.2, 0.25) is 5.02 Å². The highest BCUT2D eigenvalue weighted by molar-refractivity contribution is 6.34. The van der Waals surface area contributed by atoms with Crippen LogP contribution in [0.25, 0.3) is 0 Å². The predicted molar refractivity (Wildman–Crippen MR) is 84.7 cm³/mol. The summed E-state index contributed by atoms with van der Waals surface area (Å²) in [6.07, 6.45) is 10.5. The van der Waals surface area contributed by atoms with E-state index in [2.05, 4.69) is 29.1 Å². The number of nitrogens with zero attached hydrogens (tertiary/aromatic N) is 2. The average molecular weight is 300 g/mol.